The molecule has 8 heteroatoms. The third-order valence-electron chi connectivity index (χ3n) is 3.87. The molecule has 2 aromatic carbocycles. The van der Waals surface area contributed by atoms with Gasteiger partial charge in [-0.2, -0.15) is 15.8 Å². The van der Waals surface area contributed by atoms with Crippen LogP contribution in [-0.2, 0) is 4.74 Å². The van der Waals surface area contributed by atoms with Gasteiger partial charge in [0.05, 0.1) is 11.1 Å². The Morgan fingerprint density at radius 2 is 1.48 bits per heavy atom. The number of nitriles is 3. The van der Waals surface area contributed by atoms with Gasteiger partial charge in [-0.1, -0.05) is 18.2 Å². The van der Waals surface area contributed by atoms with E-state index in [1.54, 1.807) is 57.2 Å². The molecule has 0 fully saturated rings. The van der Waals surface area contributed by atoms with Crippen molar-refractivity contribution in [2.24, 2.45) is 0 Å². The summed E-state index contributed by atoms with van der Waals surface area (Å²) in [5, 5.41) is 30.4. The van der Waals surface area contributed by atoms with Crippen molar-refractivity contribution in [2.75, 3.05) is 13.2 Å². The highest BCUT2D eigenvalue weighted by molar-refractivity contribution is 5.68. The standard InChI is InChI=1S/C23H22N4O4/c1-23(2,3)31-22(28)27-18(14-29-20-9-5-4-7-17(20)12-25)15-30-21-10-6-8-16(11-24)19(21)13-26/h4-10,18H,14-15H2,1-3H3,(H,27,28). The fourth-order valence-corrected chi connectivity index (χ4v) is 2.53. The normalized spacial score (nSPS) is 11.2. The molecular weight excluding hydrogens is 396 g/mol. The molecule has 0 aliphatic carbocycles. The predicted molar refractivity (Wildman–Crippen MR) is 111 cm³/mol. The number of ether oxygens (including phenoxy) is 3. The number of para-hydroxylation sites is 1. The summed E-state index contributed by atoms with van der Waals surface area (Å²) in [4.78, 5) is 12.2. The van der Waals surface area contributed by atoms with Crippen molar-refractivity contribution in [1.82, 2.24) is 5.32 Å². The largest absolute Gasteiger partial charge is 0.490 e. The second-order valence-corrected chi connectivity index (χ2v) is 7.48. The fourth-order valence-electron chi connectivity index (χ4n) is 2.53. The van der Waals surface area contributed by atoms with Crippen molar-refractivity contribution in [3.8, 4) is 29.7 Å². The first-order valence-corrected chi connectivity index (χ1v) is 9.45. The first-order valence-electron chi connectivity index (χ1n) is 9.45. The third-order valence-corrected chi connectivity index (χ3v) is 3.87. The summed E-state index contributed by atoms with van der Waals surface area (Å²) in [6, 6.07) is 16.7. The molecule has 31 heavy (non-hydrogen) atoms. The van der Waals surface area contributed by atoms with Gasteiger partial charge in [0.1, 0.15) is 60.1 Å². The molecule has 0 saturated carbocycles. The number of carbonyl (C=O) groups is 1. The van der Waals surface area contributed by atoms with E-state index >= 15 is 0 Å². The maximum Gasteiger partial charge on any atom is 0.408 e. The Kier molecular flexibility index (Phi) is 7.83. The Bertz CT molecular complexity index is 1050. The zero-order valence-electron chi connectivity index (χ0n) is 17.5. The number of carbonyl (C=O) groups excluding carboxylic acids is 1. The van der Waals surface area contributed by atoms with Crippen molar-refractivity contribution in [2.45, 2.75) is 32.4 Å². The molecule has 8 nitrogen and oxygen atoms in total. The van der Waals surface area contributed by atoms with Gasteiger partial charge in [-0.05, 0) is 45.0 Å². The smallest absolute Gasteiger partial charge is 0.408 e. The molecule has 0 aliphatic rings. The fraction of sp³-hybridized carbons (Fsp3) is 0.304. The molecule has 2 rings (SSSR count). The van der Waals surface area contributed by atoms with Gasteiger partial charge in [-0.25, -0.2) is 4.79 Å². The maximum absolute atomic E-state index is 12.2. The summed E-state index contributed by atoms with van der Waals surface area (Å²) in [5.74, 6) is 0.583. The van der Waals surface area contributed by atoms with Crippen LogP contribution in [-0.4, -0.2) is 30.9 Å². The molecule has 1 unspecified atom stereocenters. The van der Waals surface area contributed by atoms with E-state index in [4.69, 9.17) is 19.5 Å². The lowest BCUT2D eigenvalue weighted by molar-refractivity contribution is 0.0465. The number of nitrogens with zero attached hydrogens (tertiary/aromatic N) is 3. The van der Waals surface area contributed by atoms with Gasteiger partial charge in [0.25, 0.3) is 0 Å². The number of hydrogen-bond donors (Lipinski definition) is 1. The average molecular weight is 418 g/mol. The molecule has 1 N–H and O–H groups in total. The summed E-state index contributed by atoms with van der Waals surface area (Å²) in [7, 11) is 0. The van der Waals surface area contributed by atoms with Crippen LogP contribution in [0.5, 0.6) is 11.5 Å². The summed E-state index contributed by atoms with van der Waals surface area (Å²) in [6.07, 6.45) is -0.662. The van der Waals surface area contributed by atoms with Gasteiger partial charge in [-0.15, -0.1) is 0 Å². The van der Waals surface area contributed by atoms with Crippen LogP contribution in [0.1, 0.15) is 37.5 Å². The van der Waals surface area contributed by atoms with E-state index in [0.717, 1.165) is 0 Å². The molecule has 0 saturated heterocycles. The van der Waals surface area contributed by atoms with Crippen LogP contribution < -0.4 is 14.8 Å². The Morgan fingerprint density at radius 1 is 0.903 bits per heavy atom. The number of benzene rings is 2. The van der Waals surface area contributed by atoms with Crippen molar-refractivity contribution in [1.29, 1.82) is 15.8 Å². The highest BCUT2D eigenvalue weighted by Gasteiger charge is 2.21. The lowest BCUT2D eigenvalue weighted by Gasteiger charge is -2.24. The number of hydrogen-bond acceptors (Lipinski definition) is 7. The number of alkyl carbamates (subject to hydrolysis) is 1. The summed E-state index contributed by atoms with van der Waals surface area (Å²) in [5.41, 5.74) is -0.0423. The van der Waals surface area contributed by atoms with Crippen molar-refractivity contribution in [3.05, 3.63) is 59.2 Å². The summed E-state index contributed by atoms with van der Waals surface area (Å²) >= 11 is 0. The van der Waals surface area contributed by atoms with Crippen LogP contribution in [0.4, 0.5) is 4.79 Å². The molecule has 1 amide bonds. The minimum absolute atomic E-state index is 0.0161. The van der Waals surface area contributed by atoms with Crippen LogP contribution in [0.3, 0.4) is 0 Å². The summed E-state index contributed by atoms with van der Waals surface area (Å²) in [6.45, 7) is 5.15. The Labute approximate surface area is 181 Å². The maximum atomic E-state index is 12.2. The van der Waals surface area contributed by atoms with Gasteiger partial charge in [0.15, 0.2) is 0 Å². The molecular formula is C23H22N4O4. The lowest BCUT2D eigenvalue weighted by atomic mass is 10.1. The monoisotopic (exact) mass is 418 g/mol. The van der Waals surface area contributed by atoms with E-state index < -0.39 is 17.7 Å². The highest BCUT2D eigenvalue weighted by Crippen LogP contribution is 2.22. The minimum Gasteiger partial charge on any atom is -0.490 e. The Morgan fingerprint density at radius 3 is 2.10 bits per heavy atom. The van der Waals surface area contributed by atoms with Crippen LogP contribution >= 0.6 is 0 Å². The topological polar surface area (TPSA) is 128 Å². The predicted octanol–water partition coefficient (Wildman–Crippen LogP) is 3.65. The van der Waals surface area contributed by atoms with Gasteiger partial charge in [-0.3, -0.25) is 0 Å². The molecule has 158 valence electrons. The molecule has 0 bridgehead atoms. The van der Waals surface area contributed by atoms with E-state index in [1.807, 2.05) is 18.2 Å². The second-order valence-electron chi connectivity index (χ2n) is 7.48. The Balaban J connectivity index is 2.16. The van der Waals surface area contributed by atoms with Crippen molar-refractivity contribution < 1.29 is 19.0 Å². The van der Waals surface area contributed by atoms with Gasteiger partial charge >= 0.3 is 6.09 Å². The summed E-state index contributed by atoms with van der Waals surface area (Å²) < 4.78 is 16.7. The van der Waals surface area contributed by atoms with Crippen molar-refractivity contribution in [3.63, 3.8) is 0 Å². The van der Waals surface area contributed by atoms with E-state index in [1.165, 1.54) is 6.07 Å². The molecule has 0 spiro atoms. The van der Waals surface area contributed by atoms with Gasteiger partial charge in [0, 0.05) is 0 Å². The lowest BCUT2D eigenvalue weighted by Crippen LogP contribution is -2.45. The number of nitrogens with one attached hydrogen (secondary N) is 1. The van der Waals surface area contributed by atoms with Gasteiger partial charge in [0.2, 0.25) is 0 Å². The van der Waals surface area contributed by atoms with E-state index in [2.05, 4.69) is 5.32 Å². The highest BCUT2D eigenvalue weighted by atomic mass is 16.6. The first-order chi connectivity index (χ1) is 14.8. The SMILES string of the molecule is CC(C)(C)OC(=O)NC(COc1ccccc1C#N)COc1cccc(C#N)c1C#N. The molecule has 0 aromatic heterocycles. The van der Waals surface area contributed by atoms with Crippen LogP contribution in [0.15, 0.2) is 42.5 Å². The van der Waals surface area contributed by atoms with E-state index in [-0.39, 0.29) is 30.1 Å². The number of rotatable bonds is 7. The number of amides is 1. The van der Waals surface area contributed by atoms with Crippen LogP contribution in [0, 0.1) is 34.0 Å². The zero-order chi connectivity index (χ0) is 22.9. The molecule has 2 aromatic rings. The van der Waals surface area contributed by atoms with Crippen LogP contribution in [0.2, 0.25) is 0 Å². The zero-order valence-corrected chi connectivity index (χ0v) is 17.5. The quantitative estimate of drug-likeness (QED) is 0.726. The average Bonchev–Trinajstić information content (AvgIpc) is 2.73. The molecule has 0 aliphatic heterocycles. The van der Waals surface area contributed by atoms with Crippen molar-refractivity contribution >= 4 is 6.09 Å². The molecule has 1 atom stereocenters. The molecule has 0 heterocycles. The van der Waals surface area contributed by atoms with E-state index in [0.29, 0.717) is 11.3 Å². The Hall–Kier alpha value is -4.22. The second kappa shape index (κ2) is 10.5. The van der Waals surface area contributed by atoms with Crippen LogP contribution in [0.25, 0.3) is 0 Å². The minimum atomic E-state index is -0.696. The van der Waals surface area contributed by atoms with Gasteiger partial charge < -0.3 is 19.5 Å². The molecule has 0 radical (unpaired) electrons. The third kappa shape index (κ3) is 6.96. The first kappa shape index (κ1) is 23.1. The van der Waals surface area contributed by atoms with E-state index in [9.17, 15) is 15.3 Å².